The van der Waals surface area contributed by atoms with Crippen LogP contribution < -0.4 is 5.32 Å². The van der Waals surface area contributed by atoms with Crippen LogP contribution in [-0.2, 0) is 4.79 Å². The van der Waals surface area contributed by atoms with Gasteiger partial charge >= 0.3 is 0 Å². The minimum atomic E-state index is -2.58. The molecule has 0 aromatic rings. The van der Waals surface area contributed by atoms with E-state index in [9.17, 15) is 13.6 Å². The minimum absolute atomic E-state index is 0.0281. The zero-order chi connectivity index (χ0) is 10.6. The van der Waals surface area contributed by atoms with E-state index in [1.54, 1.807) is 6.92 Å². The summed E-state index contributed by atoms with van der Waals surface area (Å²) < 4.78 is 26.5. The van der Waals surface area contributed by atoms with Gasteiger partial charge in [-0.25, -0.2) is 8.78 Å². The molecule has 0 heterocycles. The summed E-state index contributed by atoms with van der Waals surface area (Å²) in [5.41, 5.74) is 0. The fraction of sp³-hybridized carbons (Fsp3) is 0.900. The molecule has 1 saturated carbocycles. The number of carbonyl (C=O) groups is 1. The molecule has 0 aromatic carbocycles. The number of rotatable bonds is 3. The molecule has 1 aliphatic carbocycles. The van der Waals surface area contributed by atoms with Crippen molar-refractivity contribution in [2.75, 3.05) is 6.54 Å². The highest BCUT2D eigenvalue weighted by Gasteiger charge is 2.41. The molecule has 14 heavy (non-hydrogen) atoms. The molecule has 0 saturated heterocycles. The van der Waals surface area contributed by atoms with Crippen molar-refractivity contribution in [3.05, 3.63) is 0 Å². The van der Waals surface area contributed by atoms with Crippen LogP contribution in [0, 0.1) is 5.92 Å². The highest BCUT2D eigenvalue weighted by Crippen LogP contribution is 2.37. The molecule has 1 atom stereocenters. The lowest BCUT2D eigenvalue weighted by Crippen LogP contribution is -2.40. The maximum absolute atomic E-state index is 13.3. The third-order valence-corrected chi connectivity index (χ3v) is 2.78. The Bertz CT molecular complexity index is 206. The Labute approximate surface area is 83.1 Å². The maximum Gasteiger partial charge on any atom is 0.252 e. The van der Waals surface area contributed by atoms with E-state index in [4.69, 9.17) is 0 Å². The summed E-state index contributed by atoms with van der Waals surface area (Å²) in [7, 11) is 0. The maximum atomic E-state index is 13.3. The van der Waals surface area contributed by atoms with Crippen LogP contribution in [0.4, 0.5) is 8.78 Å². The average molecular weight is 205 g/mol. The Hall–Kier alpha value is -0.670. The number of halogens is 2. The van der Waals surface area contributed by atoms with E-state index >= 15 is 0 Å². The highest BCUT2D eigenvalue weighted by atomic mass is 19.3. The molecule has 1 N–H and O–H groups in total. The Morgan fingerprint density at radius 2 is 2.21 bits per heavy atom. The molecule has 1 aliphatic rings. The summed E-state index contributed by atoms with van der Waals surface area (Å²) in [6.07, 6.45) is 2.31. The van der Waals surface area contributed by atoms with Crippen molar-refractivity contribution < 1.29 is 13.6 Å². The van der Waals surface area contributed by atoms with E-state index < -0.39 is 11.8 Å². The van der Waals surface area contributed by atoms with Crippen LogP contribution >= 0.6 is 0 Å². The number of nitrogens with one attached hydrogen (secondary N) is 1. The second kappa shape index (κ2) is 4.71. The molecule has 0 aromatic heterocycles. The van der Waals surface area contributed by atoms with Crippen LogP contribution in [-0.4, -0.2) is 18.4 Å². The molecule has 2 nitrogen and oxygen atoms in total. The third kappa shape index (κ3) is 2.93. The van der Waals surface area contributed by atoms with Gasteiger partial charge in [-0.15, -0.1) is 0 Å². The van der Waals surface area contributed by atoms with Crippen LogP contribution in [0.15, 0.2) is 0 Å². The minimum Gasteiger partial charge on any atom is -0.356 e. The van der Waals surface area contributed by atoms with Crippen molar-refractivity contribution in [1.29, 1.82) is 0 Å². The molecule has 1 amide bonds. The van der Waals surface area contributed by atoms with Gasteiger partial charge in [0.25, 0.3) is 5.92 Å². The van der Waals surface area contributed by atoms with Crippen LogP contribution in [0.3, 0.4) is 0 Å². The van der Waals surface area contributed by atoms with Crippen LogP contribution in [0.5, 0.6) is 0 Å². The van der Waals surface area contributed by atoms with Crippen molar-refractivity contribution in [1.82, 2.24) is 5.32 Å². The fourth-order valence-electron chi connectivity index (χ4n) is 1.78. The van der Waals surface area contributed by atoms with Crippen LogP contribution in [0.1, 0.15) is 39.0 Å². The Morgan fingerprint density at radius 1 is 1.50 bits per heavy atom. The molecule has 4 heteroatoms. The molecule has 0 aliphatic heterocycles. The van der Waals surface area contributed by atoms with E-state index in [1.165, 1.54) is 0 Å². The predicted octanol–water partition coefficient (Wildman–Crippen LogP) is 2.34. The number of amides is 1. The second-order valence-electron chi connectivity index (χ2n) is 3.86. The molecule has 0 bridgehead atoms. The van der Waals surface area contributed by atoms with Gasteiger partial charge in [0, 0.05) is 25.3 Å². The first-order valence-electron chi connectivity index (χ1n) is 5.21. The van der Waals surface area contributed by atoms with Gasteiger partial charge in [-0.05, 0) is 12.8 Å². The first-order valence-corrected chi connectivity index (χ1v) is 5.21. The van der Waals surface area contributed by atoms with Gasteiger partial charge in [0.05, 0.1) is 0 Å². The second-order valence-corrected chi connectivity index (χ2v) is 3.86. The Kier molecular flexibility index (Phi) is 3.84. The normalized spacial score (nSPS) is 25.8. The van der Waals surface area contributed by atoms with Crippen molar-refractivity contribution in [3.8, 4) is 0 Å². The van der Waals surface area contributed by atoms with Gasteiger partial charge in [0.1, 0.15) is 0 Å². The summed E-state index contributed by atoms with van der Waals surface area (Å²) >= 11 is 0. The molecule has 0 spiro atoms. The lowest BCUT2D eigenvalue weighted by atomic mass is 9.85. The molecule has 1 fully saturated rings. The zero-order valence-electron chi connectivity index (χ0n) is 8.48. The van der Waals surface area contributed by atoms with E-state index in [1.807, 2.05) is 0 Å². The van der Waals surface area contributed by atoms with Crippen molar-refractivity contribution in [2.45, 2.75) is 45.0 Å². The van der Waals surface area contributed by atoms with Gasteiger partial charge in [0.2, 0.25) is 5.91 Å². The Morgan fingerprint density at radius 3 is 2.79 bits per heavy atom. The summed E-state index contributed by atoms with van der Waals surface area (Å²) in [4.78, 5) is 10.9. The lowest BCUT2D eigenvalue weighted by molar-refractivity contribution is -0.123. The van der Waals surface area contributed by atoms with E-state index in [2.05, 4.69) is 5.32 Å². The molecule has 82 valence electrons. The number of hydrogen-bond donors (Lipinski definition) is 1. The van der Waals surface area contributed by atoms with E-state index in [-0.39, 0.29) is 18.9 Å². The predicted molar refractivity (Wildman–Crippen MR) is 50.2 cm³/mol. The van der Waals surface area contributed by atoms with E-state index in [0.717, 1.165) is 6.42 Å². The smallest absolute Gasteiger partial charge is 0.252 e. The monoisotopic (exact) mass is 205 g/mol. The van der Waals surface area contributed by atoms with Crippen molar-refractivity contribution in [2.24, 2.45) is 5.92 Å². The number of hydrogen-bond acceptors (Lipinski definition) is 1. The van der Waals surface area contributed by atoms with Gasteiger partial charge in [-0.1, -0.05) is 13.3 Å². The summed E-state index contributed by atoms with van der Waals surface area (Å²) in [6.45, 7) is 1.84. The van der Waals surface area contributed by atoms with Crippen LogP contribution in [0.2, 0.25) is 0 Å². The molecular weight excluding hydrogens is 188 g/mol. The first-order chi connectivity index (χ1) is 6.56. The third-order valence-electron chi connectivity index (χ3n) is 2.78. The van der Waals surface area contributed by atoms with Gasteiger partial charge in [-0.2, -0.15) is 0 Å². The number of alkyl halides is 2. The Balaban J connectivity index is 2.38. The van der Waals surface area contributed by atoms with Gasteiger partial charge < -0.3 is 5.32 Å². The molecule has 1 rings (SSSR count). The quantitative estimate of drug-likeness (QED) is 0.752. The summed E-state index contributed by atoms with van der Waals surface area (Å²) in [5, 5.41) is 2.54. The lowest BCUT2D eigenvalue weighted by Gasteiger charge is -2.31. The highest BCUT2D eigenvalue weighted by molar-refractivity contribution is 5.75. The van der Waals surface area contributed by atoms with Crippen molar-refractivity contribution >= 4 is 5.91 Å². The fourth-order valence-corrected chi connectivity index (χ4v) is 1.78. The van der Waals surface area contributed by atoms with E-state index in [0.29, 0.717) is 19.3 Å². The molecule has 0 radical (unpaired) electrons. The topological polar surface area (TPSA) is 29.1 Å². The summed E-state index contributed by atoms with van der Waals surface area (Å²) in [6, 6.07) is 0. The molecule has 1 unspecified atom stereocenters. The summed E-state index contributed by atoms with van der Waals surface area (Å²) in [5.74, 6) is -3.39. The number of carbonyl (C=O) groups excluding carboxylic acids is 1. The van der Waals surface area contributed by atoms with Gasteiger partial charge in [-0.3, -0.25) is 4.79 Å². The van der Waals surface area contributed by atoms with Crippen molar-refractivity contribution in [3.63, 3.8) is 0 Å². The standard InChI is InChI=1S/C10H17F2NO/c1-2-9(14)13-7-8-5-3-4-6-10(8,11)12/h8H,2-7H2,1H3,(H,13,14). The average Bonchev–Trinajstić information content (AvgIpc) is 2.15. The largest absolute Gasteiger partial charge is 0.356 e. The van der Waals surface area contributed by atoms with Crippen LogP contribution in [0.25, 0.3) is 0 Å². The molecular formula is C10H17F2NO. The zero-order valence-corrected chi connectivity index (χ0v) is 8.48. The first kappa shape index (κ1) is 11.4. The SMILES string of the molecule is CCC(=O)NCC1CCCCC1(F)F. The van der Waals surface area contributed by atoms with Gasteiger partial charge in [0.15, 0.2) is 0 Å².